The molecule has 1 aromatic carbocycles. The summed E-state index contributed by atoms with van der Waals surface area (Å²) in [5, 5.41) is 8.84. The van der Waals surface area contributed by atoms with Gasteiger partial charge >= 0.3 is 5.97 Å². The lowest BCUT2D eigenvalue weighted by molar-refractivity contribution is -0.143. The number of carboxylic acid groups (broad SMARTS) is 1. The van der Waals surface area contributed by atoms with Crippen LogP contribution in [0.2, 0.25) is 0 Å². The van der Waals surface area contributed by atoms with E-state index in [1.165, 1.54) is 11.8 Å². The van der Waals surface area contributed by atoms with E-state index >= 15 is 0 Å². The van der Waals surface area contributed by atoms with E-state index in [0.29, 0.717) is 5.17 Å². The Labute approximate surface area is 167 Å². The van der Waals surface area contributed by atoms with Crippen LogP contribution in [0.5, 0.6) is 0 Å². The summed E-state index contributed by atoms with van der Waals surface area (Å²) in [4.78, 5) is 28.6. The number of hydrogen-bond acceptors (Lipinski definition) is 6. The highest BCUT2D eigenvalue weighted by molar-refractivity contribution is 8.16. The van der Waals surface area contributed by atoms with Crippen LogP contribution in [0.25, 0.3) is 0 Å². The van der Waals surface area contributed by atoms with Gasteiger partial charge in [0.25, 0.3) is 5.91 Å². The molecule has 2 saturated heterocycles. The normalized spacial score (nSPS) is 24.7. The number of nitrogens with zero attached hydrogens (tertiary/aromatic N) is 2. The molecule has 2 aliphatic rings. The molecule has 0 aromatic heterocycles. The minimum atomic E-state index is -3.15. The first kappa shape index (κ1) is 20.8. The van der Waals surface area contributed by atoms with Gasteiger partial charge in [-0.15, -0.1) is 0 Å². The van der Waals surface area contributed by atoms with Crippen molar-refractivity contribution < 1.29 is 27.9 Å². The number of aliphatic carboxylic acids is 1. The van der Waals surface area contributed by atoms with Gasteiger partial charge in [0.2, 0.25) is 0 Å². The van der Waals surface area contributed by atoms with E-state index in [2.05, 4.69) is 4.99 Å². The average molecular weight is 427 g/mol. The van der Waals surface area contributed by atoms with Gasteiger partial charge in [-0.05, 0) is 17.5 Å². The quantitative estimate of drug-likeness (QED) is 0.728. The number of carbonyl (C=O) groups is 2. The molecule has 3 rings (SSSR count). The smallest absolute Gasteiger partial charge is 0.329 e. The molecule has 2 aliphatic heterocycles. The zero-order valence-electron chi connectivity index (χ0n) is 15.6. The zero-order chi connectivity index (χ0) is 20.5. The molecule has 0 radical (unpaired) electrons. The number of sulfone groups is 1. The second kappa shape index (κ2) is 8.22. The van der Waals surface area contributed by atoms with Gasteiger partial charge in [-0.25, -0.2) is 13.2 Å². The zero-order valence-corrected chi connectivity index (χ0v) is 17.2. The average Bonchev–Trinajstić information content (AvgIpc) is 3.05. The number of aliphatic imine (C=N–C) groups is 1. The van der Waals surface area contributed by atoms with Gasteiger partial charge < -0.3 is 14.7 Å². The van der Waals surface area contributed by atoms with Gasteiger partial charge in [0, 0.05) is 10.9 Å². The van der Waals surface area contributed by atoms with Crippen molar-refractivity contribution in [2.75, 3.05) is 29.6 Å². The van der Waals surface area contributed by atoms with Crippen molar-refractivity contribution in [1.29, 1.82) is 0 Å². The molecule has 10 heteroatoms. The fourth-order valence-electron chi connectivity index (χ4n) is 3.41. The van der Waals surface area contributed by atoms with Gasteiger partial charge in [0.15, 0.2) is 15.0 Å². The number of ether oxygens (including phenoxy) is 1. The highest BCUT2D eigenvalue weighted by atomic mass is 32.2. The number of para-hydroxylation sites is 1. The Morgan fingerprint density at radius 1 is 1.29 bits per heavy atom. The van der Waals surface area contributed by atoms with Crippen LogP contribution in [0, 0.1) is 0 Å². The summed E-state index contributed by atoms with van der Waals surface area (Å²) in [6, 6.07) is 7.40. The third kappa shape index (κ3) is 4.56. The Morgan fingerprint density at radius 2 is 2.00 bits per heavy atom. The van der Waals surface area contributed by atoms with Crippen molar-refractivity contribution in [1.82, 2.24) is 0 Å². The van der Waals surface area contributed by atoms with Crippen molar-refractivity contribution >= 4 is 44.3 Å². The predicted octanol–water partition coefficient (Wildman–Crippen LogP) is 1.51. The lowest BCUT2D eigenvalue weighted by Gasteiger charge is -2.28. The number of amidine groups is 1. The summed E-state index contributed by atoms with van der Waals surface area (Å²) in [5.41, 5.74) is 1.88. The van der Waals surface area contributed by atoms with Gasteiger partial charge in [0.05, 0.1) is 17.5 Å². The molecule has 152 valence electrons. The van der Waals surface area contributed by atoms with Crippen LogP contribution in [-0.2, 0) is 24.2 Å². The Hall–Kier alpha value is -1.91. The Kier molecular flexibility index (Phi) is 6.11. The lowest BCUT2D eigenvalue weighted by Crippen LogP contribution is -2.38. The Balaban J connectivity index is 1.93. The number of hydrogen-bond donors (Lipinski definition) is 1. The largest absolute Gasteiger partial charge is 0.480 e. The summed E-state index contributed by atoms with van der Waals surface area (Å²) in [5.74, 6) is -1.50. The number of benzene rings is 1. The first-order valence-electron chi connectivity index (χ1n) is 8.84. The first-order chi connectivity index (χ1) is 13.2. The standard InChI is InChI=1S/C18H22N2O6S2/c1-11(2)12-5-3-4-6-13(12)20-14-9-28(24,25)10-15(14)27-18(20)19-16(21)7-26-8-17(22)23/h3-6,11,14-15H,7-10H2,1-2H3,(H,22,23)/t14-,15+/m1/s1. The van der Waals surface area contributed by atoms with E-state index in [-0.39, 0.29) is 28.7 Å². The van der Waals surface area contributed by atoms with E-state index in [9.17, 15) is 18.0 Å². The number of amides is 1. The molecule has 8 nitrogen and oxygen atoms in total. The fourth-order valence-corrected chi connectivity index (χ4v) is 7.33. The number of carboxylic acids is 1. The Bertz CT molecular complexity index is 912. The van der Waals surface area contributed by atoms with Crippen molar-refractivity contribution in [3.63, 3.8) is 0 Å². The molecule has 28 heavy (non-hydrogen) atoms. The molecule has 1 N–H and O–H groups in total. The van der Waals surface area contributed by atoms with Gasteiger partial charge in [-0.2, -0.15) is 4.99 Å². The molecule has 0 unspecified atom stereocenters. The van der Waals surface area contributed by atoms with Crippen LogP contribution in [0.15, 0.2) is 29.3 Å². The molecule has 0 spiro atoms. The number of rotatable bonds is 6. The van der Waals surface area contributed by atoms with E-state index in [0.717, 1.165) is 11.3 Å². The number of anilines is 1. The van der Waals surface area contributed by atoms with E-state index in [1.807, 2.05) is 43.0 Å². The van der Waals surface area contributed by atoms with Crippen molar-refractivity contribution in [3.05, 3.63) is 29.8 Å². The maximum Gasteiger partial charge on any atom is 0.329 e. The monoisotopic (exact) mass is 426 g/mol. The van der Waals surface area contributed by atoms with Crippen LogP contribution < -0.4 is 4.90 Å². The Morgan fingerprint density at radius 3 is 2.68 bits per heavy atom. The van der Waals surface area contributed by atoms with E-state index in [4.69, 9.17) is 9.84 Å². The van der Waals surface area contributed by atoms with Crippen molar-refractivity contribution in [3.8, 4) is 0 Å². The number of fused-ring (bicyclic) bond motifs is 1. The highest BCUT2D eigenvalue weighted by Crippen LogP contribution is 2.43. The maximum absolute atomic E-state index is 12.2. The summed E-state index contributed by atoms with van der Waals surface area (Å²) < 4.78 is 29.1. The van der Waals surface area contributed by atoms with Crippen LogP contribution in [0.1, 0.15) is 25.3 Å². The van der Waals surface area contributed by atoms with E-state index in [1.54, 1.807) is 0 Å². The summed E-state index contributed by atoms with van der Waals surface area (Å²) in [7, 11) is -3.15. The molecule has 2 heterocycles. The summed E-state index contributed by atoms with van der Waals surface area (Å²) in [6.07, 6.45) is 0. The second-order valence-electron chi connectivity index (χ2n) is 7.06. The topological polar surface area (TPSA) is 113 Å². The number of thioether (sulfide) groups is 1. The summed E-state index contributed by atoms with van der Waals surface area (Å²) in [6.45, 7) is 3.08. The van der Waals surface area contributed by atoms with Gasteiger partial charge in [0.1, 0.15) is 13.2 Å². The van der Waals surface area contributed by atoms with Crippen LogP contribution in [0.3, 0.4) is 0 Å². The second-order valence-corrected chi connectivity index (χ2v) is 10.4. The molecule has 2 fully saturated rings. The first-order valence-corrected chi connectivity index (χ1v) is 11.5. The van der Waals surface area contributed by atoms with Crippen LogP contribution in [0.4, 0.5) is 5.69 Å². The predicted molar refractivity (Wildman–Crippen MR) is 108 cm³/mol. The summed E-state index contributed by atoms with van der Waals surface area (Å²) >= 11 is 1.28. The molecular formula is C18H22N2O6S2. The van der Waals surface area contributed by atoms with Crippen LogP contribution in [-0.4, -0.2) is 66.6 Å². The van der Waals surface area contributed by atoms with Crippen LogP contribution >= 0.6 is 11.8 Å². The third-order valence-corrected chi connectivity index (χ3v) is 7.77. The third-order valence-electron chi connectivity index (χ3n) is 4.56. The molecule has 0 aliphatic carbocycles. The minimum absolute atomic E-state index is 0.0137. The lowest BCUT2D eigenvalue weighted by atomic mass is 9.99. The molecule has 1 aromatic rings. The molecule has 2 atom stereocenters. The molecule has 1 amide bonds. The highest BCUT2D eigenvalue weighted by Gasteiger charge is 2.49. The SMILES string of the molecule is CC(C)c1ccccc1N1C(=NC(=O)COCC(=O)O)S[C@H]2CS(=O)(=O)C[C@H]21. The fraction of sp³-hybridized carbons (Fsp3) is 0.500. The van der Waals surface area contributed by atoms with E-state index < -0.39 is 34.9 Å². The van der Waals surface area contributed by atoms with Gasteiger partial charge in [-0.1, -0.05) is 43.8 Å². The molecule has 0 saturated carbocycles. The van der Waals surface area contributed by atoms with Crippen molar-refractivity contribution in [2.24, 2.45) is 4.99 Å². The minimum Gasteiger partial charge on any atom is -0.480 e. The maximum atomic E-state index is 12.2. The molecule has 0 bridgehead atoms. The number of carbonyl (C=O) groups excluding carboxylic acids is 1. The molecular weight excluding hydrogens is 404 g/mol. The van der Waals surface area contributed by atoms with Crippen molar-refractivity contribution in [2.45, 2.75) is 31.1 Å². The van der Waals surface area contributed by atoms with Gasteiger partial charge in [-0.3, -0.25) is 4.79 Å².